The van der Waals surface area contributed by atoms with Gasteiger partial charge in [0.25, 0.3) is 5.91 Å². The molecule has 0 N–H and O–H groups in total. The number of likely N-dealkylation sites (tertiary alicyclic amines) is 1. The van der Waals surface area contributed by atoms with Crippen LogP contribution < -0.4 is 9.47 Å². The topological polar surface area (TPSA) is 51.1 Å². The lowest BCUT2D eigenvalue weighted by atomic mass is 10.0. The summed E-state index contributed by atoms with van der Waals surface area (Å²) in [5.41, 5.74) is 1.98. The van der Waals surface area contributed by atoms with Crippen LogP contribution in [0.2, 0.25) is 0 Å². The second-order valence-corrected chi connectivity index (χ2v) is 8.70. The number of rotatable bonds is 5. The summed E-state index contributed by atoms with van der Waals surface area (Å²) in [5, 5.41) is 0.826. The fourth-order valence-electron chi connectivity index (χ4n) is 3.68. The van der Waals surface area contributed by atoms with Crippen LogP contribution in [0.1, 0.15) is 30.9 Å². The maximum absolute atomic E-state index is 12.4. The largest absolute Gasteiger partial charge is 0.493 e. The van der Waals surface area contributed by atoms with E-state index in [2.05, 4.69) is 16.8 Å². The van der Waals surface area contributed by atoms with Crippen molar-refractivity contribution in [2.75, 3.05) is 20.2 Å². The standard InChI is InChI=1S/C24H26N2O3S/c1-17-7-6-12-26(15-17)24-25-23(27)22(30-24)14-19-10-11-20(21(13-19)28-2)29-16-18-8-4-3-5-9-18/h3-5,8-11,13-14,17H,6-7,12,15-16H2,1-2H3/b22-14-/t17-/m0/s1. The molecule has 0 aliphatic carbocycles. The minimum Gasteiger partial charge on any atom is -0.493 e. The Labute approximate surface area is 181 Å². The van der Waals surface area contributed by atoms with Gasteiger partial charge in [-0.3, -0.25) is 4.79 Å². The van der Waals surface area contributed by atoms with Crippen molar-refractivity contribution in [3.8, 4) is 11.5 Å². The van der Waals surface area contributed by atoms with Crippen LogP contribution in [0, 0.1) is 5.92 Å². The Morgan fingerprint density at radius 3 is 2.80 bits per heavy atom. The number of nitrogens with zero attached hydrogens (tertiary/aromatic N) is 2. The molecule has 0 radical (unpaired) electrons. The van der Waals surface area contributed by atoms with Gasteiger partial charge in [-0.15, -0.1) is 0 Å². The summed E-state index contributed by atoms with van der Waals surface area (Å²) in [4.78, 5) is 19.6. The van der Waals surface area contributed by atoms with Gasteiger partial charge in [-0.2, -0.15) is 4.99 Å². The van der Waals surface area contributed by atoms with Crippen LogP contribution in [0.25, 0.3) is 6.08 Å². The summed E-state index contributed by atoms with van der Waals surface area (Å²) in [7, 11) is 1.62. The average Bonchev–Trinajstić information content (AvgIpc) is 3.13. The van der Waals surface area contributed by atoms with Gasteiger partial charge in [-0.05, 0) is 59.9 Å². The van der Waals surface area contributed by atoms with E-state index in [9.17, 15) is 4.79 Å². The Bertz CT molecular complexity index is 972. The van der Waals surface area contributed by atoms with Gasteiger partial charge in [0.2, 0.25) is 0 Å². The second-order valence-electron chi connectivity index (χ2n) is 7.69. The molecule has 4 rings (SSSR count). The lowest BCUT2D eigenvalue weighted by molar-refractivity contribution is -0.113. The van der Waals surface area contributed by atoms with Crippen LogP contribution in [0.4, 0.5) is 0 Å². The van der Waals surface area contributed by atoms with Crippen molar-refractivity contribution in [1.82, 2.24) is 4.90 Å². The fraction of sp³-hybridized carbons (Fsp3) is 0.333. The Morgan fingerprint density at radius 2 is 2.03 bits per heavy atom. The maximum Gasteiger partial charge on any atom is 0.286 e. The highest BCUT2D eigenvalue weighted by molar-refractivity contribution is 8.18. The summed E-state index contributed by atoms with van der Waals surface area (Å²) in [6.07, 6.45) is 4.26. The molecule has 6 heteroatoms. The number of benzene rings is 2. The molecule has 30 heavy (non-hydrogen) atoms. The van der Waals surface area contributed by atoms with E-state index in [1.54, 1.807) is 7.11 Å². The summed E-state index contributed by atoms with van der Waals surface area (Å²) in [6, 6.07) is 15.7. The van der Waals surface area contributed by atoms with Gasteiger partial charge in [0.15, 0.2) is 16.7 Å². The van der Waals surface area contributed by atoms with Crippen molar-refractivity contribution < 1.29 is 14.3 Å². The second kappa shape index (κ2) is 9.39. The summed E-state index contributed by atoms with van der Waals surface area (Å²) < 4.78 is 11.4. The number of ether oxygens (including phenoxy) is 2. The molecule has 0 saturated carbocycles. The van der Waals surface area contributed by atoms with Gasteiger partial charge in [0, 0.05) is 13.1 Å². The SMILES string of the molecule is COc1cc(/C=C2\SC(N3CCC[C@H](C)C3)=NC2=O)ccc1OCc1ccccc1. The predicted molar refractivity (Wildman–Crippen MR) is 122 cm³/mol. The molecule has 2 aromatic carbocycles. The Hall–Kier alpha value is -2.73. The van der Waals surface area contributed by atoms with E-state index in [0.717, 1.165) is 35.8 Å². The molecular formula is C24H26N2O3S. The zero-order valence-corrected chi connectivity index (χ0v) is 18.2. The Kier molecular flexibility index (Phi) is 6.43. The van der Waals surface area contributed by atoms with Crippen molar-refractivity contribution in [2.45, 2.75) is 26.4 Å². The van der Waals surface area contributed by atoms with Crippen molar-refractivity contribution in [3.63, 3.8) is 0 Å². The van der Waals surface area contributed by atoms with Crippen LogP contribution in [-0.4, -0.2) is 36.2 Å². The third kappa shape index (κ3) is 4.87. The third-order valence-electron chi connectivity index (χ3n) is 5.26. The number of piperidine rings is 1. The number of hydrogen-bond donors (Lipinski definition) is 0. The first-order chi connectivity index (χ1) is 14.6. The summed E-state index contributed by atoms with van der Waals surface area (Å²) >= 11 is 1.46. The van der Waals surface area contributed by atoms with Crippen LogP contribution in [0.3, 0.4) is 0 Å². The number of thioether (sulfide) groups is 1. The highest BCUT2D eigenvalue weighted by atomic mass is 32.2. The van der Waals surface area contributed by atoms with Crippen LogP contribution in [-0.2, 0) is 11.4 Å². The zero-order chi connectivity index (χ0) is 20.9. The Morgan fingerprint density at radius 1 is 1.20 bits per heavy atom. The van der Waals surface area contributed by atoms with Crippen LogP contribution in [0.5, 0.6) is 11.5 Å². The van der Waals surface area contributed by atoms with Gasteiger partial charge in [-0.25, -0.2) is 0 Å². The molecule has 2 heterocycles. The van der Waals surface area contributed by atoms with Crippen molar-refractivity contribution in [2.24, 2.45) is 10.9 Å². The number of carbonyl (C=O) groups is 1. The van der Waals surface area contributed by atoms with Crippen LogP contribution in [0.15, 0.2) is 58.4 Å². The van der Waals surface area contributed by atoms with Crippen molar-refractivity contribution >= 4 is 28.9 Å². The molecule has 2 aliphatic rings. The number of carbonyl (C=O) groups excluding carboxylic acids is 1. The van der Waals surface area contributed by atoms with E-state index < -0.39 is 0 Å². The molecule has 5 nitrogen and oxygen atoms in total. The van der Waals surface area contributed by atoms with Gasteiger partial charge < -0.3 is 14.4 Å². The van der Waals surface area contributed by atoms with E-state index in [-0.39, 0.29) is 5.91 Å². The van der Waals surface area contributed by atoms with Gasteiger partial charge in [0.05, 0.1) is 12.0 Å². The number of amidine groups is 1. The number of methoxy groups -OCH3 is 1. The quantitative estimate of drug-likeness (QED) is 0.637. The molecule has 1 amide bonds. The number of amides is 1. The average molecular weight is 423 g/mol. The molecule has 1 saturated heterocycles. The molecule has 2 aromatic rings. The van der Waals surface area contributed by atoms with E-state index in [0.29, 0.717) is 28.9 Å². The molecular weight excluding hydrogens is 396 g/mol. The molecule has 0 bridgehead atoms. The monoisotopic (exact) mass is 422 g/mol. The molecule has 1 atom stereocenters. The predicted octanol–water partition coefficient (Wildman–Crippen LogP) is 4.98. The van der Waals surface area contributed by atoms with Gasteiger partial charge >= 0.3 is 0 Å². The van der Waals surface area contributed by atoms with E-state index >= 15 is 0 Å². The summed E-state index contributed by atoms with van der Waals surface area (Å²) in [5.74, 6) is 1.78. The maximum atomic E-state index is 12.4. The molecule has 0 unspecified atom stereocenters. The molecule has 1 fully saturated rings. The highest BCUT2D eigenvalue weighted by Crippen LogP contribution is 2.34. The van der Waals surface area contributed by atoms with E-state index in [1.807, 2.05) is 54.6 Å². The normalized spacial score (nSPS) is 20.4. The highest BCUT2D eigenvalue weighted by Gasteiger charge is 2.28. The minimum atomic E-state index is -0.170. The van der Waals surface area contributed by atoms with Crippen molar-refractivity contribution in [3.05, 3.63) is 64.6 Å². The first kappa shape index (κ1) is 20.5. The summed E-state index contributed by atoms with van der Waals surface area (Å²) in [6.45, 7) is 4.65. The molecule has 0 spiro atoms. The number of aliphatic imine (C=N–C) groups is 1. The first-order valence-electron chi connectivity index (χ1n) is 10.2. The lowest BCUT2D eigenvalue weighted by Gasteiger charge is -2.31. The minimum absolute atomic E-state index is 0.170. The molecule has 0 aromatic heterocycles. The zero-order valence-electron chi connectivity index (χ0n) is 17.3. The fourth-order valence-corrected chi connectivity index (χ4v) is 4.62. The molecule has 2 aliphatic heterocycles. The van der Waals surface area contributed by atoms with E-state index in [1.165, 1.54) is 18.2 Å². The van der Waals surface area contributed by atoms with Crippen LogP contribution >= 0.6 is 11.8 Å². The first-order valence-corrected chi connectivity index (χ1v) is 11.1. The third-order valence-corrected chi connectivity index (χ3v) is 6.30. The lowest BCUT2D eigenvalue weighted by Crippen LogP contribution is -2.37. The Balaban J connectivity index is 1.45. The van der Waals surface area contributed by atoms with Gasteiger partial charge in [-0.1, -0.05) is 43.3 Å². The number of hydrogen-bond acceptors (Lipinski definition) is 5. The molecule has 156 valence electrons. The van der Waals surface area contributed by atoms with Crippen molar-refractivity contribution in [1.29, 1.82) is 0 Å². The van der Waals surface area contributed by atoms with E-state index in [4.69, 9.17) is 9.47 Å². The smallest absolute Gasteiger partial charge is 0.286 e. The van der Waals surface area contributed by atoms with Gasteiger partial charge in [0.1, 0.15) is 6.61 Å².